The average molecular weight is 484 g/mol. The molecule has 1 aliphatic heterocycles. The summed E-state index contributed by atoms with van der Waals surface area (Å²) in [5, 5.41) is 0. The Morgan fingerprint density at radius 3 is 2.12 bits per heavy atom. The van der Waals surface area contributed by atoms with Gasteiger partial charge in [0.05, 0.1) is 21.8 Å². The maximum absolute atomic E-state index is 13.2. The van der Waals surface area contributed by atoms with E-state index in [9.17, 15) is 26.0 Å². The summed E-state index contributed by atoms with van der Waals surface area (Å²) >= 11 is 0. The van der Waals surface area contributed by atoms with Crippen LogP contribution in [0.4, 0.5) is 10.1 Å². The van der Waals surface area contributed by atoms with Gasteiger partial charge in [0.1, 0.15) is 5.82 Å². The third kappa shape index (κ3) is 4.85. The van der Waals surface area contributed by atoms with Crippen molar-refractivity contribution >= 4 is 31.6 Å². The van der Waals surface area contributed by atoms with Gasteiger partial charge in [-0.3, -0.25) is 4.79 Å². The maximum atomic E-state index is 13.2. The number of likely N-dealkylation sites (N-methyl/N-ethyl adjacent to an activating group) is 1. The van der Waals surface area contributed by atoms with Crippen molar-refractivity contribution in [1.29, 1.82) is 0 Å². The zero-order chi connectivity index (χ0) is 23.9. The first-order valence-corrected chi connectivity index (χ1v) is 12.9. The lowest BCUT2D eigenvalue weighted by molar-refractivity contribution is -0.123. The van der Waals surface area contributed by atoms with Crippen LogP contribution in [-0.4, -0.2) is 54.0 Å². The number of nitrogens with zero attached hydrogens (tertiary/aromatic N) is 2. The maximum Gasteiger partial charge on any atom is 0.247 e. The molecule has 1 aliphatic rings. The zero-order valence-electron chi connectivity index (χ0n) is 18.2. The molecule has 1 heterocycles. The number of hydrogen-bond acceptors (Lipinski definition) is 6. The molecule has 0 aliphatic carbocycles. The van der Waals surface area contributed by atoms with Crippen molar-refractivity contribution in [2.45, 2.75) is 24.8 Å². The van der Waals surface area contributed by atoms with Gasteiger partial charge in [0, 0.05) is 12.6 Å². The van der Waals surface area contributed by atoms with Crippen LogP contribution in [0.15, 0.2) is 53.4 Å². The smallest absolute Gasteiger partial charge is 0.247 e. The van der Waals surface area contributed by atoms with Gasteiger partial charge in [0.25, 0.3) is 0 Å². The van der Waals surface area contributed by atoms with Gasteiger partial charge in [-0.2, -0.15) is 0 Å². The number of nitrogens with one attached hydrogen (secondary N) is 1. The molecule has 1 N–H and O–H groups in total. The van der Waals surface area contributed by atoms with Gasteiger partial charge < -0.3 is 4.90 Å². The summed E-state index contributed by atoms with van der Waals surface area (Å²) in [4.78, 5) is 14.3. The van der Waals surface area contributed by atoms with Crippen LogP contribution in [0.2, 0.25) is 0 Å². The van der Waals surface area contributed by atoms with Crippen molar-refractivity contribution in [3.63, 3.8) is 0 Å². The van der Waals surface area contributed by atoms with E-state index in [4.69, 9.17) is 0 Å². The Balaban J connectivity index is 1.79. The molecule has 0 radical (unpaired) electrons. The lowest BCUT2D eigenvalue weighted by Gasteiger charge is -2.25. The first kappa shape index (κ1) is 24.3. The second-order valence-corrected chi connectivity index (χ2v) is 12.2. The molecule has 11 heteroatoms. The zero-order valence-corrected chi connectivity index (χ0v) is 19.9. The van der Waals surface area contributed by atoms with Crippen LogP contribution in [0.1, 0.15) is 25.5 Å². The third-order valence-corrected chi connectivity index (χ3v) is 8.77. The van der Waals surface area contributed by atoms with Gasteiger partial charge in [-0.25, -0.2) is 30.3 Å². The molecule has 1 saturated heterocycles. The van der Waals surface area contributed by atoms with Crippen molar-refractivity contribution in [2.24, 2.45) is 5.41 Å². The molecule has 8 nitrogen and oxygen atoms in total. The van der Waals surface area contributed by atoms with Crippen LogP contribution >= 0.6 is 0 Å². The van der Waals surface area contributed by atoms with Gasteiger partial charge in [0.15, 0.2) is 0 Å². The molecule has 1 atom stereocenters. The van der Waals surface area contributed by atoms with Crippen molar-refractivity contribution in [3.05, 3.63) is 59.9 Å². The highest BCUT2D eigenvalue weighted by Gasteiger charge is 2.49. The van der Waals surface area contributed by atoms with Gasteiger partial charge in [-0.05, 0) is 69.9 Å². The molecule has 174 valence electrons. The van der Waals surface area contributed by atoms with E-state index >= 15 is 0 Å². The van der Waals surface area contributed by atoms with E-state index in [0.29, 0.717) is 0 Å². The lowest BCUT2D eigenvalue weighted by atomic mass is 9.95. The Morgan fingerprint density at radius 2 is 1.66 bits per heavy atom. The van der Waals surface area contributed by atoms with Gasteiger partial charge >= 0.3 is 0 Å². The first-order chi connectivity index (χ1) is 14.7. The third-order valence-electron chi connectivity index (χ3n) is 5.31. The normalized spacial score (nSPS) is 18.8. The fraction of sp³-hybridized carbons (Fsp3) is 0.381. The standard InChI is InChI=1S/C21H26FN3O5S2/c1-21(2)14-31(27,28)25(20(21)26)17-9-11-18(12-10-17)32(29,30)23-13-19(24(3)4)15-5-7-16(22)8-6-15/h5-12,19,23H,13-14H2,1-4H3. The second kappa shape index (κ2) is 8.54. The fourth-order valence-corrected chi connectivity index (χ4v) is 6.72. The number of sulfonamides is 2. The summed E-state index contributed by atoms with van der Waals surface area (Å²) in [6.07, 6.45) is 0. The minimum absolute atomic E-state index is 0.0376. The summed E-state index contributed by atoms with van der Waals surface area (Å²) in [6, 6.07) is 10.6. The fourth-order valence-electron chi connectivity index (χ4n) is 3.58. The number of hydrogen-bond donors (Lipinski definition) is 1. The van der Waals surface area contributed by atoms with E-state index in [1.807, 2.05) is 4.90 Å². The molecule has 0 saturated carbocycles. The molecule has 2 aromatic carbocycles. The second-order valence-electron chi connectivity index (χ2n) is 8.59. The van der Waals surface area contributed by atoms with Gasteiger partial charge in [-0.15, -0.1) is 0 Å². The van der Waals surface area contributed by atoms with Crippen molar-refractivity contribution in [2.75, 3.05) is 30.7 Å². The summed E-state index contributed by atoms with van der Waals surface area (Å²) in [5.41, 5.74) is -0.209. The van der Waals surface area contributed by atoms with E-state index in [0.717, 1.165) is 9.87 Å². The highest BCUT2D eigenvalue weighted by Crippen LogP contribution is 2.36. The predicted molar refractivity (Wildman–Crippen MR) is 120 cm³/mol. The molecule has 3 rings (SSSR count). The van der Waals surface area contributed by atoms with E-state index in [1.54, 1.807) is 40.1 Å². The van der Waals surface area contributed by atoms with E-state index in [2.05, 4.69) is 4.72 Å². The number of carbonyl (C=O) groups is 1. The molecular formula is C21H26FN3O5S2. The highest BCUT2D eigenvalue weighted by molar-refractivity contribution is 7.94. The number of amides is 1. The minimum Gasteiger partial charge on any atom is -0.301 e. The summed E-state index contributed by atoms with van der Waals surface area (Å²) in [6.45, 7) is 3.14. The van der Waals surface area contributed by atoms with Crippen LogP contribution < -0.4 is 9.03 Å². The number of halogens is 1. The number of anilines is 1. The molecule has 1 amide bonds. The van der Waals surface area contributed by atoms with Gasteiger partial charge in [-0.1, -0.05) is 12.1 Å². The van der Waals surface area contributed by atoms with Crippen molar-refractivity contribution < 1.29 is 26.0 Å². The average Bonchev–Trinajstić information content (AvgIpc) is 2.85. The highest BCUT2D eigenvalue weighted by atomic mass is 32.2. The molecule has 0 aromatic heterocycles. The van der Waals surface area contributed by atoms with Gasteiger partial charge in [0.2, 0.25) is 26.0 Å². The molecule has 2 aromatic rings. The molecule has 1 unspecified atom stereocenters. The number of benzene rings is 2. The summed E-state index contributed by atoms with van der Waals surface area (Å²) in [5.74, 6) is -1.25. The molecule has 0 spiro atoms. The van der Waals surface area contributed by atoms with E-state index < -0.39 is 31.4 Å². The van der Waals surface area contributed by atoms with Crippen LogP contribution in [-0.2, 0) is 24.8 Å². The Labute approximate surface area is 188 Å². The first-order valence-electron chi connectivity index (χ1n) is 9.84. The lowest BCUT2D eigenvalue weighted by Crippen LogP contribution is -2.35. The van der Waals surface area contributed by atoms with Crippen LogP contribution in [0.3, 0.4) is 0 Å². The number of carbonyl (C=O) groups excluding carboxylic acids is 1. The Kier molecular flexibility index (Phi) is 6.49. The van der Waals surface area contributed by atoms with Crippen molar-refractivity contribution in [1.82, 2.24) is 9.62 Å². The SMILES string of the molecule is CN(C)C(CNS(=O)(=O)c1ccc(N2C(=O)C(C)(C)CS2(=O)=O)cc1)c1ccc(F)cc1. The molecule has 32 heavy (non-hydrogen) atoms. The van der Waals surface area contributed by atoms with Crippen LogP contribution in [0, 0.1) is 11.2 Å². The summed E-state index contributed by atoms with van der Waals surface area (Å²) in [7, 11) is -4.17. The van der Waals surface area contributed by atoms with Crippen LogP contribution in [0.25, 0.3) is 0 Å². The molecular weight excluding hydrogens is 457 g/mol. The monoisotopic (exact) mass is 483 g/mol. The van der Waals surface area contributed by atoms with E-state index in [1.165, 1.54) is 36.4 Å². The van der Waals surface area contributed by atoms with E-state index in [-0.39, 0.29) is 34.7 Å². The van der Waals surface area contributed by atoms with Crippen LogP contribution in [0.5, 0.6) is 0 Å². The topological polar surface area (TPSA) is 104 Å². The van der Waals surface area contributed by atoms with Crippen molar-refractivity contribution in [3.8, 4) is 0 Å². The largest absolute Gasteiger partial charge is 0.301 e. The molecule has 0 bridgehead atoms. The minimum atomic E-state index is -3.91. The molecule has 1 fully saturated rings. The number of rotatable bonds is 7. The predicted octanol–water partition coefficient (Wildman–Crippen LogP) is 2.11. The Morgan fingerprint density at radius 1 is 1.09 bits per heavy atom. The Hall–Kier alpha value is -2.34. The summed E-state index contributed by atoms with van der Waals surface area (Å²) < 4.78 is 66.9. The quantitative estimate of drug-likeness (QED) is 0.647. The Bertz CT molecular complexity index is 1210.